The minimum atomic E-state index is -0.404. The van der Waals surface area contributed by atoms with Gasteiger partial charge in [0, 0.05) is 54.4 Å². The van der Waals surface area contributed by atoms with Gasteiger partial charge in [0.25, 0.3) is 0 Å². The molecule has 0 bridgehead atoms. The van der Waals surface area contributed by atoms with Crippen LogP contribution in [0.25, 0.3) is 11.1 Å². The SMILES string of the molecule is COC(=O)c1cc(-c2ccc(C#Cc3cccnc3)cc2)cnc1N1CCC(N)C1. The van der Waals surface area contributed by atoms with E-state index in [-0.39, 0.29) is 6.04 Å². The molecule has 6 nitrogen and oxygen atoms in total. The van der Waals surface area contributed by atoms with E-state index >= 15 is 0 Å². The van der Waals surface area contributed by atoms with Crippen molar-refractivity contribution in [2.75, 3.05) is 25.1 Å². The van der Waals surface area contributed by atoms with Crippen LogP contribution in [-0.4, -0.2) is 42.2 Å². The molecule has 3 heterocycles. The molecule has 2 aromatic heterocycles. The van der Waals surface area contributed by atoms with Crippen molar-refractivity contribution in [2.45, 2.75) is 12.5 Å². The molecule has 1 aliphatic rings. The van der Waals surface area contributed by atoms with Gasteiger partial charge in [-0.3, -0.25) is 4.98 Å². The number of nitrogens with zero attached hydrogens (tertiary/aromatic N) is 3. The van der Waals surface area contributed by atoms with Gasteiger partial charge in [-0.05, 0) is 42.3 Å². The van der Waals surface area contributed by atoms with E-state index in [1.807, 2.05) is 47.4 Å². The van der Waals surface area contributed by atoms with Gasteiger partial charge in [0.2, 0.25) is 0 Å². The second-order valence-corrected chi connectivity index (χ2v) is 7.15. The van der Waals surface area contributed by atoms with Gasteiger partial charge in [-0.2, -0.15) is 0 Å². The summed E-state index contributed by atoms with van der Waals surface area (Å²) in [7, 11) is 1.38. The number of carbonyl (C=O) groups excluding carboxylic acids is 1. The van der Waals surface area contributed by atoms with Crippen LogP contribution in [0.1, 0.15) is 27.9 Å². The van der Waals surface area contributed by atoms with Crippen LogP contribution >= 0.6 is 0 Å². The summed E-state index contributed by atoms with van der Waals surface area (Å²) in [5, 5.41) is 0. The van der Waals surface area contributed by atoms with E-state index in [9.17, 15) is 4.79 Å². The molecule has 30 heavy (non-hydrogen) atoms. The van der Waals surface area contributed by atoms with Crippen molar-refractivity contribution < 1.29 is 9.53 Å². The summed E-state index contributed by atoms with van der Waals surface area (Å²) < 4.78 is 4.99. The van der Waals surface area contributed by atoms with E-state index in [0.29, 0.717) is 17.9 Å². The van der Waals surface area contributed by atoms with Gasteiger partial charge in [-0.25, -0.2) is 9.78 Å². The predicted octanol–water partition coefficient (Wildman–Crippen LogP) is 2.87. The van der Waals surface area contributed by atoms with Crippen molar-refractivity contribution in [3.05, 3.63) is 77.7 Å². The highest BCUT2D eigenvalue weighted by Gasteiger charge is 2.25. The molecule has 0 saturated carbocycles. The Bertz CT molecular complexity index is 1100. The number of anilines is 1. The second-order valence-electron chi connectivity index (χ2n) is 7.15. The van der Waals surface area contributed by atoms with Crippen LogP contribution in [0.5, 0.6) is 0 Å². The summed E-state index contributed by atoms with van der Waals surface area (Å²) in [5.41, 5.74) is 10.0. The van der Waals surface area contributed by atoms with Gasteiger partial charge >= 0.3 is 5.97 Å². The third-order valence-electron chi connectivity index (χ3n) is 5.03. The maximum atomic E-state index is 12.4. The lowest BCUT2D eigenvalue weighted by Gasteiger charge is -2.20. The maximum Gasteiger partial charge on any atom is 0.341 e. The average molecular weight is 398 g/mol. The Balaban J connectivity index is 1.60. The number of ether oxygens (including phenoxy) is 1. The number of aromatic nitrogens is 2. The van der Waals surface area contributed by atoms with Gasteiger partial charge in [0.05, 0.1) is 7.11 Å². The molecule has 0 aliphatic carbocycles. The smallest absolute Gasteiger partial charge is 0.341 e. The lowest BCUT2D eigenvalue weighted by molar-refractivity contribution is 0.0601. The Morgan fingerprint density at radius 2 is 1.93 bits per heavy atom. The fraction of sp³-hybridized carbons (Fsp3) is 0.208. The Hall–Kier alpha value is -3.69. The van der Waals surface area contributed by atoms with Gasteiger partial charge in [-0.15, -0.1) is 0 Å². The quantitative estimate of drug-likeness (QED) is 0.540. The highest BCUT2D eigenvalue weighted by atomic mass is 16.5. The summed E-state index contributed by atoms with van der Waals surface area (Å²) in [4.78, 5) is 23.1. The van der Waals surface area contributed by atoms with Crippen molar-refractivity contribution in [1.82, 2.24) is 9.97 Å². The fourth-order valence-electron chi connectivity index (χ4n) is 3.43. The van der Waals surface area contributed by atoms with E-state index < -0.39 is 5.97 Å². The molecule has 3 aromatic rings. The van der Waals surface area contributed by atoms with Crippen LogP contribution in [0.3, 0.4) is 0 Å². The molecule has 1 fully saturated rings. The number of benzene rings is 1. The first-order chi connectivity index (χ1) is 14.6. The van der Waals surface area contributed by atoms with Crippen LogP contribution in [0, 0.1) is 11.8 Å². The molecule has 1 unspecified atom stereocenters. The van der Waals surface area contributed by atoms with Crippen molar-refractivity contribution in [2.24, 2.45) is 5.73 Å². The normalized spacial score (nSPS) is 15.4. The first-order valence-corrected chi connectivity index (χ1v) is 9.75. The zero-order valence-corrected chi connectivity index (χ0v) is 16.7. The zero-order chi connectivity index (χ0) is 20.9. The Morgan fingerprint density at radius 3 is 2.60 bits per heavy atom. The highest BCUT2D eigenvalue weighted by molar-refractivity contribution is 5.96. The van der Waals surface area contributed by atoms with Crippen LogP contribution in [0.4, 0.5) is 5.82 Å². The fourth-order valence-corrected chi connectivity index (χ4v) is 3.43. The van der Waals surface area contributed by atoms with Gasteiger partial charge in [0.15, 0.2) is 0 Å². The third kappa shape index (κ3) is 4.32. The Labute approximate surface area is 175 Å². The third-order valence-corrected chi connectivity index (χ3v) is 5.03. The molecule has 0 amide bonds. The molecule has 0 radical (unpaired) electrons. The lowest BCUT2D eigenvalue weighted by atomic mass is 10.0. The van der Waals surface area contributed by atoms with Crippen LogP contribution < -0.4 is 10.6 Å². The molecule has 1 atom stereocenters. The van der Waals surface area contributed by atoms with Crippen LogP contribution in [0.2, 0.25) is 0 Å². The number of hydrogen-bond donors (Lipinski definition) is 1. The molecular weight excluding hydrogens is 376 g/mol. The Kier molecular flexibility index (Phi) is 5.73. The molecule has 4 rings (SSSR count). The zero-order valence-electron chi connectivity index (χ0n) is 16.7. The summed E-state index contributed by atoms with van der Waals surface area (Å²) in [5.74, 6) is 6.44. The minimum absolute atomic E-state index is 0.0947. The number of rotatable bonds is 3. The van der Waals surface area contributed by atoms with E-state index in [2.05, 4.69) is 21.8 Å². The molecule has 2 N–H and O–H groups in total. The van der Waals surface area contributed by atoms with Crippen LogP contribution in [0.15, 0.2) is 61.1 Å². The van der Waals surface area contributed by atoms with Crippen LogP contribution in [-0.2, 0) is 4.74 Å². The van der Waals surface area contributed by atoms with E-state index in [1.54, 1.807) is 18.6 Å². The standard InChI is InChI=1S/C24H22N4O2/c1-30-24(29)22-13-20(15-27-23(22)28-12-10-21(25)16-28)19-8-6-17(7-9-19)4-5-18-3-2-11-26-14-18/h2-3,6-9,11,13-15,21H,10,12,16,25H2,1H3. The molecule has 150 valence electrons. The second kappa shape index (κ2) is 8.76. The number of nitrogens with two attached hydrogens (primary N) is 1. The predicted molar refractivity (Wildman–Crippen MR) is 116 cm³/mol. The van der Waals surface area contributed by atoms with E-state index in [0.717, 1.165) is 35.2 Å². The van der Waals surface area contributed by atoms with Crippen molar-refractivity contribution in [3.8, 4) is 23.0 Å². The monoisotopic (exact) mass is 398 g/mol. The maximum absolute atomic E-state index is 12.4. The molecule has 1 aromatic carbocycles. The topological polar surface area (TPSA) is 81.3 Å². The van der Waals surface area contributed by atoms with E-state index in [1.165, 1.54) is 7.11 Å². The van der Waals surface area contributed by atoms with Gasteiger partial charge < -0.3 is 15.4 Å². The first-order valence-electron chi connectivity index (χ1n) is 9.75. The minimum Gasteiger partial charge on any atom is -0.465 e. The lowest BCUT2D eigenvalue weighted by Crippen LogP contribution is -2.28. The average Bonchev–Trinajstić information content (AvgIpc) is 3.24. The van der Waals surface area contributed by atoms with Crippen molar-refractivity contribution >= 4 is 11.8 Å². The van der Waals surface area contributed by atoms with Crippen molar-refractivity contribution in [1.29, 1.82) is 0 Å². The Morgan fingerprint density at radius 1 is 1.13 bits per heavy atom. The summed E-state index contributed by atoms with van der Waals surface area (Å²) >= 11 is 0. The molecule has 0 spiro atoms. The largest absolute Gasteiger partial charge is 0.465 e. The van der Waals surface area contributed by atoms with E-state index in [4.69, 9.17) is 10.5 Å². The van der Waals surface area contributed by atoms with Gasteiger partial charge in [-0.1, -0.05) is 24.0 Å². The highest BCUT2D eigenvalue weighted by Crippen LogP contribution is 2.28. The number of carbonyl (C=O) groups is 1. The number of hydrogen-bond acceptors (Lipinski definition) is 6. The summed E-state index contributed by atoms with van der Waals surface area (Å²) in [6.07, 6.45) is 6.11. The summed E-state index contributed by atoms with van der Waals surface area (Å²) in [6, 6.07) is 13.5. The van der Waals surface area contributed by atoms with Gasteiger partial charge in [0.1, 0.15) is 11.4 Å². The van der Waals surface area contributed by atoms with Crippen molar-refractivity contribution in [3.63, 3.8) is 0 Å². The molecule has 1 saturated heterocycles. The number of esters is 1. The molecule has 1 aliphatic heterocycles. The molecular formula is C24H22N4O2. The number of pyridine rings is 2. The number of methoxy groups -OCH3 is 1. The first kappa shape index (κ1) is 19.6. The summed E-state index contributed by atoms with van der Waals surface area (Å²) in [6.45, 7) is 1.46. The molecule has 6 heteroatoms.